The Kier molecular flexibility index (Phi) is 5.93. The zero-order valence-corrected chi connectivity index (χ0v) is 19.5. The van der Waals surface area contributed by atoms with Crippen molar-refractivity contribution in [1.82, 2.24) is 4.90 Å². The number of hydrogen-bond donors (Lipinski definition) is 0. The molecule has 2 aliphatic heterocycles. The van der Waals surface area contributed by atoms with Gasteiger partial charge in [-0.15, -0.1) is 0 Å². The maximum atomic E-state index is 13.7. The topological polar surface area (TPSA) is 49.9 Å². The predicted octanol–water partition coefficient (Wildman–Crippen LogP) is 4.86. The third-order valence-corrected chi connectivity index (χ3v) is 6.28. The molecule has 2 amide bonds. The highest BCUT2D eigenvalue weighted by atomic mass is 16.5. The van der Waals surface area contributed by atoms with Crippen LogP contribution in [0, 0.1) is 0 Å². The maximum Gasteiger partial charge on any atom is 0.278 e. The van der Waals surface area contributed by atoms with Gasteiger partial charge in [-0.05, 0) is 61.6 Å². The number of hydrogen-bond acceptors (Lipinski definition) is 4. The molecule has 0 saturated heterocycles. The van der Waals surface area contributed by atoms with E-state index in [2.05, 4.69) is 6.07 Å². The molecule has 3 aromatic carbocycles. The van der Waals surface area contributed by atoms with Crippen LogP contribution in [0.1, 0.15) is 30.5 Å². The second-order valence-corrected chi connectivity index (χ2v) is 8.94. The number of para-hydroxylation sites is 1. The smallest absolute Gasteiger partial charge is 0.278 e. The van der Waals surface area contributed by atoms with E-state index in [0.29, 0.717) is 30.8 Å². The van der Waals surface area contributed by atoms with Gasteiger partial charge in [0.15, 0.2) is 0 Å². The Hall–Kier alpha value is -3.86. The van der Waals surface area contributed by atoms with Crippen molar-refractivity contribution in [3.05, 3.63) is 101 Å². The Bertz CT molecular complexity index is 1250. The van der Waals surface area contributed by atoms with E-state index in [0.717, 1.165) is 29.0 Å². The van der Waals surface area contributed by atoms with Gasteiger partial charge < -0.3 is 9.64 Å². The molecular weight excluding hydrogens is 424 g/mol. The van der Waals surface area contributed by atoms with E-state index in [1.165, 1.54) is 10.5 Å². The second-order valence-electron chi connectivity index (χ2n) is 8.94. The average Bonchev–Trinajstić information content (AvgIpc) is 3.37. The minimum atomic E-state index is -0.238. The van der Waals surface area contributed by atoms with Gasteiger partial charge in [-0.25, -0.2) is 0 Å². The van der Waals surface area contributed by atoms with E-state index in [1.54, 1.807) is 0 Å². The van der Waals surface area contributed by atoms with Crippen LogP contribution in [-0.2, 0) is 22.4 Å². The molecule has 3 aromatic rings. The first-order chi connectivity index (χ1) is 16.5. The van der Waals surface area contributed by atoms with Gasteiger partial charge in [-0.1, -0.05) is 60.7 Å². The number of nitrogens with zero attached hydrogens (tertiary/aromatic N) is 2. The van der Waals surface area contributed by atoms with Crippen molar-refractivity contribution in [2.45, 2.75) is 32.8 Å². The minimum absolute atomic E-state index is 0.0601. The number of imide groups is 1. The number of rotatable bonds is 7. The summed E-state index contributed by atoms with van der Waals surface area (Å²) >= 11 is 0. The van der Waals surface area contributed by atoms with E-state index >= 15 is 0 Å². The van der Waals surface area contributed by atoms with Crippen molar-refractivity contribution in [2.75, 3.05) is 18.0 Å². The standard InChI is InChI=1S/C29H28N2O3/c1-20(2)34-24-14-12-23(13-15-24)26-27(30-19-17-22-10-6-7-11-25(22)30)29(33)31(28(26)32)18-16-21-8-4-3-5-9-21/h3-15,20H,16-19H2,1-2H3. The van der Waals surface area contributed by atoms with Gasteiger partial charge in [0.2, 0.25) is 0 Å². The summed E-state index contributed by atoms with van der Waals surface area (Å²) in [5.74, 6) is 0.276. The molecule has 5 heteroatoms. The van der Waals surface area contributed by atoms with Gasteiger partial charge in [-0.3, -0.25) is 14.5 Å². The van der Waals surface area contributed by atoms with Crippen LogP contribution in [0.5, 0.6) is 5.75 Å². The fourth-order valence-corrected chi connectivity index (χ4v) is 4.71. The van der Waals surface area contributed by atoms with E-state index < -0.39 is 0 Å². The molecule has 0 bridgehead atoms. The van der Waals surface area contributed by atoms with Crippen LogP contribution in [0.4, 0.5) is 5.69 Å². The summed E-state index contributed by atoms with van der Waals surface area (Å²) in [5.41, 5.74) is 4.96. The van der Waals surface area contributed by atoms with Crippen molar-refractivity contribution < 1.29 is 14.3 Å². The third-order valence-electron chi connectivity index (χ3n) is 6.28. The highest BCUT2D eigenvalue weighted by Crippen LogP contribution is 2.38. The molecule has 2 heterocycles. The molecule has 0 saturated carbocycles. The molecule has 0 unspecified atom stereocenters. The molecule has 0 radical (unpaired) electrons. The molecule has 34 heavy (non-hydrogen) atoms. The van der Waals surface area contributed by atoms with Crippen LogP contribution < -0.4 is 9.64 Å². The molecule has 172 valence electrons. The molecule has 5 nitrogen and oxygen atoms in total. The molecule has 0 fully saturated rings. The average molecular weight is 453 g/mol. The highest BCUT2D eigenvalue weighted by Gasteiger charge is 2.43. The molecule has 0 aromatic heterocycles. The van der Waals surface area contributed by atoms with Crippen LogP contribution in [0.2, 0.25) is 0 Å². The van der Waals surface area contributed by atoms with E-state index in [9.17, 15) is 9.59 Å². The number of ether oxygens (including phenoxy) is 1. The number of anilines is 1. The summed E-state index contributed by atoms with van der Waals surface area (Å²) in [7, 11) is 0. The number of fused-ring (bicyclic) bond motifs is 1. The third kappa shape index (κ3) is 4.10. The van der Waals surface area contributed by atoms with Gasteiger partial charge in [0.25, 0.3) is 11.8 Å². The first-order valence-electron chi connectivity index (χ1n) is 11.8. The quantitative estimate of drug-likeness (QED) is 0.481. The predicted molar refractivity (Wildman–Crippen MR) is 133 cm³/mol. The van der Waals surface area contributed by atoms with E-state index in [1.807, 2.05) is 91.5 Å². The Labute approximate surface area is 200 Å². The van der Waals surface area contributed by atoms with Crippen LogP contribution in [0.3, 0.4) is 0 Å². The van der Waals surface area contributed by atoms with Crippen LogP contribution in [-0.4, -0.2) is 35.9 Å². The molecular formula is C29H28N2O3. The van der Waals surface area contributed by atoms with Crippen molar-refractivity contribution in [3.8, 4) is 5.75 Å². The van der Waals surface area contributed by atoms with Gasteiger partial charge in [0.05, 0.1) is 11.7 Å². The SMILES string of the molecule is CC(C)Oc1ccc(C2=C(N3CCc4ccccc43)C(=O)N(CCc3ccccc3)C2=O)cc1. The lowest BCUT2D eigenvalue weighted by molar-refractivity contribution is -0.136. The number of benzene rings is 3. The molecule has 0 aliphatic carbocycles. The Morgan fingerprint density at radius 1 is 0.853 bits per heavy atom. The summed E-state index contributed by atoms with van der Waals surface area (Å²) in [4.78, 5) is 30.8. The summed E-state index contributed by atoms with van der Waals surface area (Å²) in [5, 5.41) is 0. The van der Waals surface area contributed by atoms with Crippen LogP contribution in [0.15, 0.2) is 84.6 Å². The van der Waals surface area contributed by atoms with Crippen LogP contribution in [0.25, 0.3) is 5.57 Å². The van der Waals surface area contributed by atoms with Crippen LogP contribution >= 0.6 is 0 Å². The van der Waals surface area contributed by atoms with Crippen molar-refractivity contribution in [3.63, 3.8) is 0 Å². The molecule has 5 rings (SSSR count). The van der Waals surface area contributed by atoms with Crippen molar-refractivity contribution in [2.24, 2.45) is 0 Å². The maximum absolute atomic E-state index is 13.7. The fourth-order valence-electron chi connectivity index (χ4n) is 4.71. The highest BCUT2D eigenvalue weighted by molar-refractivity contribution is 6.36. The lowest BCUT2D eigenvalue weighted by atomic mass is 10.0. The lowest BCUT2D eigenvalue weighted by Gasteiger charge is -2.22. The Balaban J connectivity index is 1.52. The number of carbonyl (C=O) groups is 2. The Morgan fingerprint density at radius 3 is 2.29 bits per heavy atom. The fraction of sp³-hybridized carbons (Fsp3) is 0.241. The zero-order chi connectivity index (χ0) is 23.7. The summed E-state index contributed by atoms with van der Waals surface area (Å²) in [6, 6.07) is 25.5. The first kappa shape index (κ1) is 22.0. The monoisotopic (exact) mass is 452 g/mol. The molecule has 0 N–H and O–H groups in total. The second kappa shape index (κ2) is 9.18. The van der Waals surface area contributed by atoms with Gasteiger partial charge >= 0.3 is 0 Å². The van der Waals surface area contributed by atoms with E-state index in [4.69, 9.17) is 4.74 Å². The Morgan fingerprint density at radius 2 is 1.56 bits per heavy atom. The zero-order valence-electron chi connectivity index (χ0n) is 19.5. The number of amides is 2. The molecule has 2 aliphatic rings. The largest absolute Gasteiger partial charge is 0.491 e. The van der Waals surface area contributed by atoms with Crippen molar-refractivity contribution >= 4 is 23.1 Å². The molecule has 0 atom stereocenters. The molecule has 0 spiro atoms. The lowest BCUT2D eigenvalue weighted by Crippen LogP contribution is -2.36. The van der Waals surface area contributed by atoms with Gasteiger partial charge in [0, 0.05) is 18.8 Å². The minimum Gasteiger partial charge on any atom is -0.491 e. The summed E-state index contributed by atoms with van der Waals surface area (Å²) < 4.78 is 5.77. The van der Waals surface area contributed by atoms with Gasteiger partial charge in [-0.2, -0.15) is 0 Å². The summed E-state index contributed by atoms with van der Waals surface area (Å²) in [6.45, 7) is 4.98. The first-order valence-corrected chi connectivity index (χ1v) is 11.8. The van der Waals surface area contributed by atoms with E-state index in [-0.39, 0.29) is 17.9 Å². The summed E-state index contributed by atoms with van der Waals surface area (Å²) in [6.07, 6.45) is 1.53. The van der Waals surface area contributed by atoms with Crippen molar-refractivity contribution in [1.29, 1.82) is 0 Å². The normalized spacial score (nSPS) is 15.5. The van der Waals surface area contributed by atoms with Gasteiger partial charge in [0.1, 0.15) is 11.4 Å². The number of carbonyl (C=O) groups excluding carboxylic acids is 2.